The van der Waals surface area contributed by atoms with Gasteiger partial charge in [0.05, 0.1) is 25.0 Å². The van der Waals surface area contributed by atoms with Gasteiger partial charge in [0.15, 0.2) is 0 Å². The monoisotopic (exact) mass is 543 g/mol. The lowest BCUT2D eigenvalue weighted by molar-refractivity contribution is -0.142. The smallest absolute Gasteiger partial charge is 0.246 e. The maximum absolute atomic E-state index is 14.2. The van der Waals surface area contributed by atoms with Gasteiger partial charge >= 0.3 is 0 Å². The van der Waals surface area contributed by atoms with Crippen molar-refractivity contribution in [3.63, 3.8) is 0 Å². The number of likely N-dealkylation sites (tertiary alicyclic amines) is 1. The Balaban J connectivity index is 1.31. The molecule has 4 aliphatic rings. The predicted octanol–water partition coefficient (Wildman–Crippen LogP) is 4.05. The molecule has 8 heteroatoms. The Hall–Kier alpha value is -3.65. The van der Waals surface area contributed by atoms with Gasteiger partial charge in [-0.2, -0.15) is 0 Å². The van der Waals surface area contributed by atoms with Gasteiger partial charge in [-0.05, 0) is 67.6 Å². The van der Waals surface area contributed by atoms with Crippen molar-refractivity contribution >= 4 is 23.4 Å². The molecule has 40 heavy (non-hydrogen) atoms. The fourth-order valence-electron chi connectivity index (χ4n) is 6.94. The molecule has 3 amide bonds. The predicted molar refractivity (Wildman–Crippen MR) is 151 cm³/mol. The van der Waals surface area contributed by atoms with E-state index < -0.39 is 29.6 Å². The molecule has 0 unspecified atom stereocenters. The molecule has 1 spiro atoms. The van der Waals surface area contributed by atoms with Crippen LogP contribution in [0, 0.1) is 25.7 Å². The van der Waals surface area contributed by atoms with E-state index in [0.29, 0.717) is 11.4 Å². The molecule has 2 aromatic rings. The molecule has 3 aliphatic heterocycles. The molecular formula is C32H37N3O5. The molecule has 0 aromatic heterocycles. The van der Waals surface area contributed by atoms with Crippen LogP contribution in [-0.4, -0.2) is 53.5 Å². The number of carbonyl (C=O) groups excluding carboxylic acids is 3. The summed E-state index contributed by atoms with van der Waals surface area (Å²) in [7, 11) is 1.61. The van der Waals surface area contributed by atoms with E-state index >= 15 is 0 Å². The maximum atomic E-state index is 14.2. The van der Waals surface area contributed by atoms with Gasteiger partial charge in [0.25, 0.3) is 0 Å². The number of rotatable bonds is 7. The van der Waals surface area contributed by atoms with E-state index in [0.717, 1.165) is 42.4 Å². The summed E-state index contributed by atoms with van der Waals surface area (Å²) in [5, 5.41) is 6.25. The molecular weight excluding hydrogens is 506 g/mol. The first-order valence-corrected chi connectivity index (χ1v) is 14.3. The summed E-state index contributed by atoms with van der Waals surface area (Å²) in [4.78, 5) is 43.5. The number of nitrogens with zero attached hydrogens (tertiary/aromatic N) is 1. The van der Waals surface area contributed by atoms with Crippen molar-refractivity contribution in [3.05, 3.63) is 71.3 Å². The van der Waals surface area contributed by atoms with E-state index in [-0.39, 0.29) is 30.3 Å². The Morgan fingerprint density at radius 1 is 1.02 bits per heavy atom. The molecule has 2 saturated heterocycles. The van der Waals surface area contributed by atoms with Crippen LogP contribution in [0.5, 0.6) is 5.75 Å². The zero-order chi connectivity index (χ0) is 28.0. The Bertz CT molecular complexity index is 1350. The van der Waals surface area contributed by atoms with E-state index in [4.69, 9.17) is 9.47 Å². The zero-order valence-electron chi connectivity index (χ0n) is 23.3. The number of ether oxygens (including phenoxy) is 2. The molecule has 3 heterocycles. The van der Waals surface area contributed by atoms with E-state index in [1.165, 1.54) is 6.42 Å². The van der Waals surface area contributed by atoms with Gasteiger partial charge in [0.2, 0.25) is 17.7 Å². The number of benzene rings is 2. The van der Waals surface area contributed by atoms with Crippen molar-refractivity contribution in [2.24, 2.45) is 11.8 Å². The molecule has 8 nitrogen and oxygen atoms in total. The van der Waals surface area contributed by atoms with Crippen LogP contribution in [0.15, 0.2) is 54.6 Å². The number of amides is 3. The van der Waals surface area contributed by atoms with Crippen molar-refractivity contribution < 1.29 is 23.9 Å². The molecule has 2 aromatic carbocycles. The standard InChI is InChI=1S/C32H37N3O5/c1-19-9-12-23(17-20(19)2)34-29(36)26-25-15-16-32(40-25)27(26)31(38)35(18-21-10-13-24(39-3)14-11-21)28(32)30(37)33-22-7-5-4-6-8-22/h9-17,22,25-28H,4-8,18H2,1-3H3,(H,33,37)(H,34,36)/t25-,26+,27-,28-,32+/m1/s1. The summed E-state index contributed by atoms with van der Waals surface area (Å²) in [5.74, 6) is -1.51. The SMILES string of the molecule is COc1ccc(CN2C(=O)[C@H]3[C@@H](C(=O)Nc4ccc(C)c(C)c4)[C@H]4C=C[C@@]3(O4)[C@H]2C(=O)NC2CCCCC2)cc1. The van der Waals surface area contributed by atoms with Crippen LogP contribution in [-0.2, 0) is 25.7 Å². The quantitative estimate of drug-likeness (QED) is 0.514. The van der Waals surface area contributed by atoms with Crippen LogP contribution >= 0.6 is 0 Å². The third-order valence-electron chi connectivity index (χ3n) is 9.16. The van der Waals surface area contributed by atoms with Crippen LogP contribution in [0.3, 0.4) is 0 Å². The maximum Gasteiger partial charge on any atom is 0.246 e. The molecule has 210 valence electrons. The summed E-state index contributed by atoms with van der Waals surface area (Å²) in [6.07, 6.45) is 8.35. The highest BCUT2D eigenvalue weighted by Crippen LogP contribution is 2.55. The first-order chi connectivity index (χ1) is 19.3. The third-order valence-corrected chi connectivity index (χ3v) is 9.16. The van der Waals surface area contributed by atoms with Crippen LogP contribution in [0.2, 0.25) is 0 Å². The average molecular weight is 544 g/mol. The Morgan fingerprint density at radius 2 is 1.77 bits per heavy atom. The molecule has 2 N–H and O–H groups in total. The molecule has 1 saturated carbocycles. The molecule has 1 aliphatic carbocycles. The van der Waals surface area contributed by atoms with Gasteiger partial charge in [-0.25, -0.2) is 0 Å². The molecule has 2 bridgehead atoms. The van der Waals surface area contributed by atoms with Gasteiger partial charge < -0.3 is 25.0 Å². The zero-order valence-corrected chi connectivity index (χ0v) is 23.3. The minimum Gasteiger partial charge on any atom is -0.497 e. The van der Waals surface area contributed by atoms with Gasteiger partial charge in [0.1, 0.15) is 17.4 Å². The number of aryl methyl sites for hydroxylation is 2. The molecule has 0 radical (unpaired) electrons. The van der Waals surface area contributed by atoms with Crippen molar-refractivity contribution in [2.75, 3.05) is 12.4 Å². The van der Waals surface area contributed by atoms with Crippen molar-refractivity contribution in [2.45, 2.75) is 76.3 Å². The summed E-state index contributed by atoms with van der Waals surface area (Å²) in [6, 6.07) is 12.5. The van der Waals surface area contributed by atoms with Crippen molar-refractivity contribution in [1.29, 1.82) is 0 Å². The topological polar surface area (TPSA) is 97.0 Å². The second-order valence-corrected chi connectivity index (χ2v) is 11.6. The highest BCUT2D eigenvalue weighted by molar-refractivity contribution is 6.02. The Labute approximate surface area is 235 Å². The fraction of sp³-hybridized carbons (Fsp3) is 0.469. The molecule has 6 rings (SSSR count). The summed E-state index contributed by atoms with van der Waals surface area (Å²) in [5.41, 5.74) is 2.57. The normalized spacial score (nSPS) is 29.0. The second kappa shape index (κ2) is 10.4. The van der Waals surface area contributed by atoms with Crippen LogP contribution < -0.4 is 15.4 Å². The summed E-state index contributed by atoms with van der Waals surface area (Å²) < 4.78 is 11.8. The minimum absolute atomic E-state index is 0.0843. The molecule has 5 atom stereocenters. The first-order valence-electron chi connectivity index (χ1n) is 14.3. The Morgan fingerprint density at radius 3 is 2.48 bits per heavy atom. The Kier molecular flexibility index (Phi) is 6.90. The van der Waals surface area contributed by atoms with Gasteiger partial charge in [-0.1, -0.05) is 49.6 Å². The third kappa shape index (κ3) is 4.48. The number of nitrogens with one attached hydrogen (secondary N) is 2. The number of methoxy groups -OCH3 is 1. The van der Waals surface area contributed by atoms with Crippen molar-refractivity contribution in [3.8, 4) is 5.75 Å². The number of carbonyl (C=O) groups is 3. The van der Waals surface area contributed by atoms with E-state index in [1.54, 1.807) is 12.0 Å². The lowest BCUT2D eigenvalue weighted by Gasteiger charge is -2.34. The highest BCUT2D eigenvalue weighted by Gasteiger charge is 2.72. The first kappa shape index (κ1) is 26.6. The average Bonchev–Trinajstić information content (AvgIpc) is 3.59. The second-order valence-electron chi connectivity index (χ2n) is 11.6. The number of fused-ring (bicyclic) bond motifs is 1. The lowest BCUT2D eigenvalue weighted by atomic mass is 9.74. The minimum atomic E-state index is -1.18. The number of hydrogen-bond donors (Lipinski definition) is 2. The summed E-state index contributed by atoms with van der Waals surface area (Å²) >= 11 is 0. The molecule has 3 fully saturated rings. The van der Waals surface area contributed by atoms with Crippen LogP contribution in [0.1, 0.15) is 48.8 Å². The van der Waals surface area contributed by atoms with E-state index in [2.05, 4.69) is 10.6 Å². The van der Waals surface area contributed by atoms with Crippen LogP contribution in [0.25, 0.3) is 0 Å². The van der Waals surface area contributed by atoms with Crippen molar-refractivity contribution in [1.82, 2.24) is 10.2 Å². The van der Waals surface area contributed by atoms with Crippen LogP contribution in [0.4, 0.5) is 5.69 Å². The number of anilines is 1. The number of hydrogen-bond acceptors (Lipinski definition) is 5. The highest BCUT2D eigenvalue weighted by atomic mass is 16.5. The largest absolute Gasteiger partial charge is 0.497 e. The lowest BCUT2D eigenvalue weighted by Crippen LogP contribution is -2.56. The van der Waals surface area contributed by atoms with E-state index in [9.17, 15) is 14.4 Å². The van der Waals surface area contributed by atoms with Gasteiger partial charge in [0, 0.05) is 18.3 Å². The van der Waals surface area contributed by atoms with Gasteiger partial charge in [-0.15, -0.1) is 0 Å². The van der Waals surface area contributed by atoms with E-state index in [1.807, 2.05) is 68.5 Å². The fourth-order valence-corrected chi connectivity index (χ4v) is 6.94. The van der Waals surface area contributed by atoms with Gasteiger partial charge in [-0.3, -0.25) is 14.4 Å². The summed E-state index contributed by atoms with van der Waals surface area (Å²) in [6.45, 7) is 4.25.